The molecule has 1 rings (SSSR count). The summed E-state index contributed by atoms with van der Waals surface area (Å²) in [5.41, 5.74) is 0.954. The molecular weight excluding hydrogens is 216 g/mol. The van der Waals surface area contributed by atoms with E-state index in [9.17, 15) is 0 Å². The van der Waals surface area contributed by atoms with Crippen molar-refractivity contribution in [1.82, 2.24) is 4.98 Å². The smallest absolute Gasteiger partial charge is 0.196 e. The molecule has 0 aliphatic carbocycles. The second kappa shape index (κ2) is 6.25. The van der Waals surface area contributed by atoms with Gasteiger partial charge in [-0.3, -0.25) is 5.32 Å². The molecule has 0 aromatic carbocycles. The molecule has 0 fully saturated rings. The van der Waals surface area contributed by atoms with Crippen molar-refractivity contribution in [2.75, 3.05) is 11.1 Å². The Labute approximate surface area is 90.6 Å². The number of hydrogen-bond donors (Lipinski definition) is 1. The Balaban J connectivity index is 2.30. The van der Waals surface area contributed by atoms with Crippen LogP contribution in [-0.4, -0.2) is 10.7 Å². The molecule has 0 saturated carbocycles. The molecule has 0 saturated heterocycles. The molecule has 72 valence electrons. The number of nitrogens with one attached hydrogen (secondary N) is 1. The largest absolute Gasteiger partial charge is 0.268 e. The van der Waals surface area contributed by atoms with E-state index in [-0.39, 0.29) is 0 Å². The highest BCUT2D eigenvalue weighted by Gasteiger charge is 2.00. The third kappa shape index (κ3) is 3.65. The highest BCUT2D eigenvalue weighted by atomic mass is 32.2. The van der Waals surface area contributed by atoms with Gasteiger partial charge in [0.15, 0.2) is 11.3 Å². The van der Waals surface area contributed by atoms with Crippen molar-refractivity contribution >= 4 is 28.2 Å². The van der Waals surface area contributed by atoms with Crippen LogP contribution >= 0.6 is 23.1 Å². The summed E-state index contributed by atoms with van der Waals surface area (Å²) >= 11 is 3.09. The number of nitrogens with zero attached hydrogens (tertiary/aromatic N) is 3. The fraction of sp³-hybridized carbons (Fsp3) is 0.375. The zero-order valence-electron chi connectivity index (χ0n) is 7.36. The van der Waals surface area contributed by atoms with Crippen molar-refractivity contribution in [3.8, 4) is 12.3 Å². The van der Waals surface area contributed by atoms with Gasteiger partial charge in [-0.05, 0) is 0 Å². The average molecular weight is 224 g/mol. The summed E-state index contributed by atoms with van der Waals surface area (Å²) in [5.74, 6) is 1.63. The Hall–Kier alpha value is -1.24. The molecule has 1 aromatic heterocycles. The van der Waals surface area contributed by atoms with Crippen molar-refractivity contribution in [3.05, 3.63) is 11.1 Å². The third-order valence-electron chi connectivity index (χ3n) is 1.32. The summed E-state index contributed by atoms with van der Waals surface area (Å²) in [6.07, 6.45) is 2.39. The third-order valence-corrected chi connectivity index (χ3v) is 3.12. The summed E-state index contributed by atoms with van der Waals surface area (Å²) in [6.45, 7) is 0. The number of thioether (sulfide) groups is 1. The summed E-state index contributed by atoms with van der Waals surface area (Å²) in [6, 6.07) is 2.09. The van der Waals surface area contributed by atoms with Gasteiger partial charge in [0.25, 0.3) is 0 Å². The molecule has 0 spiro atoms. The number of nitriles is 2. The van der Waals surface area contributed by atoms with Gasteiger partial charge in [-0.15, -0.1) is 11.3 Å². The molecule has 0 bridgehead atoms. The summed E-state index contributed by atoms with van der Waals surface area (Å²) in [4.78, 5) is 4.18. The van der Waals surface area contributed by atoms with Crippen LogP contribution in [0.15, 0.2) is 5.38 Å². The molecule has 0 amide bonds. The van der Waals surface area contributed by atoms with Gasteiger partial charge in [0.05, 0.1) is 11.8 Å². The number of thiazole rings is 1. The second-order valence-electron chi connectivity index (χ2n) is 2.34. The molecule has 14 heavy (non-hydrogen) atoms. The SMILES string of the molecule is N#CCCSCc1csc(NC#N)n1. The van der Waals surface area contributed by atoms with Crippen LogP contribution in [0.4, 0.5) is 5.13 Å². The molecule has 0 unspecified atom stereocenters. The topological polar surface area (TPSA) is 72.5 Å². The van der Waals surface area contributed by atoms with E-state index in [1.165, 1.54) is 11.3 Å². The van der Waals surface area contributed by atoms with Gasteiger partial charge in [-0.25, -0.2) is 4.98 Å². The number of aromatic nitrogens is 1. The van der Waals surface area contributed by atoms with E-state index in [0.717, 1.165) is 17.2 Å². The van der Waals surface area contributed by atoms with E-state index in [1.54, 1.807) is 11.8 Å². The fourth-order valence-corrected chi connectivity index (χ4v) is 2.27. The first-order valence-corrected chi connectivity index (χ1v) is 5.94. The zero-order valence-corrected chi connectivity index (χ0v) is 8.99. The highest BCUT2D eigenvalue weighted by Crippen LogP contribution is 2.19. The average Bonchev–Trinajstić information content (AvgIpc) is 2.61. The molecule has 6 heteroatoms. The lowest BCUT2D eigenvalue weighted by atomic mass is 10.6. The molecule has 0 aliphatic heterocycles. The van der Waals surface area contributed by atoms with Crippen LogP contribution in [0.3, 0.4) is 0 Å². The van der Waals surface area contributed by atoms with Gasteiger partial charge in [0.1, 0.15) is 0 Å². The van der Waals surface area contributed by atoms with Gasteiger partial charge < -0.3 is 0 Å². The molecular formula is C8H8N4S2. The second-order valence-corrected chi connectivity index (χ2v) is 4.30. The molecule has 0 atom stereocenters. The maximum atomic E-state index is 8.34. The fourth-order valence-electron chi connectivity index (χ4n) is 0.773. The summed E-state index contributed by atoms with van der Waals surface area (Å²) in [5, 5.41) is 21.7. The van der Waals surface area contributed by atoms with Gasteiger partial charge in [-0.2, -0.15) is 22.3 Å². The molecule has 1 aromatic rings. The van der Waals surface area contributed by atoms with Crippen LogP contribution < -0.4 is 5.32 Å². The van der Waals surface area contributed by atoms with E-state index in [2.05, 4.69) is 16.4 Å². The standard InChI is InChI=1S/C8H8N4S2/c9-2-1-3-13-4-7-5-14-8(12-7)11-6-10/h5H,1,3-4H2,(H,11,12). The Morgan fingerprint density at radius 2 is 2.43 bits per heavy atom. The van der Waals surface area contributed by atoms with Crippen LogP contribution in [0.25, 0.3) is 0 Å². The van der Waals surface area contributed by atoms with E-state index < -0.39 is 0 Å². The number of anilines is 1. The molecule has 0 aliphatic rings. The lowest BCUT2D eigenvalue weighted by Gasteiger charge is -1.93. The van der Waals surface area contributed by atoms with E-state index in [1.807, 2.05) is 11.6 Å². The lowest BCUT2D eigenvalue weighted by Crippen LogP contribution is -1.87. The highest BCUT2D eigenvalue weighted by molar-refractivity contribution is 7.98. The van der Waals surface area contributed by atoms with Crippen LogP contribution in [-0.2, 0) is 5.75 Å². The minimum Gasteiger partial charge on any atom is -0.268 e. The Morgan fingerprint density at radius 3 is 3.14 bits per heavy atom. The maximum absolute atomic E-state index is 8.34. The predicted octanol–water partition coefficient (Wildman–Crippen LogP) is 2.18. The van der Waals surface area contributed by atoms with Crippen molar-refractivity contribution in [2.24, 2.45) is 0 Å². The van der Waals surface area contributed by atoms with Crippen molar-refractivity contribution in [1.29, 1.82) is 10.5 Å². The first kappa shape index (κ1) is 10.8. The van der Waals surface area contributed by atoms with E-state index >= 15 is 0 Å². The van der Waals surface area contributed by atoms with Crippen LogP contribution in [0.1, 0.15) is 12.1 Å². The van der Waals surface area contributed by atoms with Crippen LogP contribution in [0.5, 0.6) is 0 Å². The summed E-state index contributed by atoms with van der Waals surface area (Å²) in [7, 11) is 0. The monoisotopic (exact) mass is 224 g/mol. The lowest BCUT2D eigenvalue weighted by molar-refractivity contribution is 1.20. The molecule has 0 radical (unpaired) electrons. The van der Waals surface area contributed by atoms with E-state index in [0.29, 0.717) is 11.6 Å². The van der Waals surface area contributed by atoms with Crippen molar-refractivity contribution in [2.45, 2.75) is 12.2 Å². The molecule has 1 heterocycles. The van der Waals surface area contributed by atoms with Crippen molar-refractivity contribution < 1.29 is 0 Å². The molecule has 4 nitrogen and oxygen atoms in total. The van der Waals surface area contributed by atoms with Crippen LogP contribution in [0.2, 0.25) is 0 Å². The van der Waals surface area contributed by atoms with Gasteiger partial charge in [0, 0.05) is 23.3 Å². The Kier molecular flexibility index (Phi) is 4.84. The van der Waals surface area contributed by atoms with Crippen LogP contribution in [0, 0.1) is 22.8 Å². The van der Waals surface area contributed by atoms with Crippen molar-refractivity contribution in [3.63, 3.8) is 0 Å². The quantitative estimate of drug-likeness (QED) is 0.471. The van der Waals surface area contributed by atoms with Gasteiger partial charge >= 0.3 is 0 Å². The first-order valence-electron chi connectivity index (χ1n) is 3.91. The predicted molar refractivity (Wildman–Crippen MR) is 57.7 cm³/mol. The number of hydrogen-bond acceptors (Lipinski definition) is 6. The van der Waals surface area contributed by atoms with Gasteiger partial charge in [-0.1, -0.05) is 0 Å². The number of rotatable bonds is 5. The van der Waals surface area contributed by atoms with E-state index in [4.69, 9.17) is 10.5 Å². The Bertz CT molecular complexity index is 360. The minimum absolute atomic E-state index is 0.568. The first-order chi connectivity index (χ1) is 6.86. The zero-order chi connectivity index (χ0) is 10.2. The summed E-state index contributed by atoms with van der Waals surface area (Å²) < 4.78 is 0. The normalized spacial score (nSPS) is 9.00. The Morgan fingerprint density at radius 1 is 1.57 bits per heavy atom. The van der Waals surface area contributed by atoms with Gasteiger partial charge in [0.2, 0.25) is 0 Å². The maximum Gasteiger partial charge on any atom is 0.196 e. The minimum atomic E-state index is 0.568. The molecule has 1 N–H and O–H groups in total.